The Kier molecular flexibility index (Phi) is 4.73. The van der Waals surface area contributed by atoms with E-state index in [0.29, 0.717) is 5.88 Å². The molecule has 0 bridgehead atoms. The fourth-order valence-corrected chi connectivity index (χ4v) is 2.90. The van der Waals surface area contributed by atoms with Gasteiger partial charge in [0.25, 0.3) is 0 Å². The van der Waals surface area contributed by atoms with E-state index in [1.54, 1.807) is 0 Å². The van der Waals surface area contributed by atoms with Crippen molar-refractivity contribution in [2.24, 2.45) is 0 Å². The Morgan fingerprint density at radius 2 is 2.10 bits per heavy atom. The first-order valence-corrected chi connectivity index (χ1v) is 7.99. The zero-order chi connectivity index (χ0) is 14.7. The van der Waals surface area contributed by atoms with E-state index >= 15 is 0 Å². The normalized spacial score (nSPS) is 16.7. The molecule has 0 radical (unpaired) electrons. The van der Waals surface area contributed by atoms with Gasteiger partial charge in [0.05, 0.1) is 13.2 Å². The van der Waals surface area contributed by atoms with Gasteiger partial charge in [0.1, 0.15) is 11.3 Å². The number of ether oxygens (including phenoxy) is 1. The second-order valence-electron chi connectivity index (χ2n) is 5.43. The SMILES string of the molecule is Cc1cnc2c(c1)nc(CCCl)n2CCN1CCOCC1. The summed E-state index contributed by atoms with van der Waals surface area (Å²) >= 11 is 5.92. The number of halogens is 1. The fraction of sp³-hybridized carbons (Fsp3) is 0.600. The van der Waals surface area contributed by atoms with Crippen LogP contribution in [0.5, 0.6) is 0 Å². The summed E-state index contributed by atoms with van der Waals surface area (Å²) in [6.07, 6.45) is 2.68. The summed E-state index contributed by atoms with van der Waals surface area (Å²) in [7, 11) is 0. The van der Waals surface area contributed by atoms with Gasteiger partial charge in [-0.05, 0) is 18.6 Å². The molecular formula is C15H21ClN4O. The van der Waals surface area contributed by atoms with Gasteiger partial charge in [-0.1, -0.05) is 0 Å². The molecule has 2 aromatic rings. The van der Waals surface area contributed by atoms with Crippen LogP contribution in [-0.2, 0) is 17.7 Å². The highest BCUT2D eigenvalue weighted by Gasteiger charge is 2.14. The van der Waals surface area contributed by atoms with E-state index in [2.05, 4.69) is 20.5 Å². The van der Waals surface area contributed by atoms with E-state index in [0.717, 1.165) is 68.4 Å². The molecule has 0 aliphatic carbocycles. The van der Waals surface area contributed by atoms with Crippen LogP contribution in [-0.4, -0.2) is 58.2 Å². The topological polar surface area (TPSA) is 43.2 Å². The molecule has 0 spiro atoms. The molecule has 0 N–H and O–H groups in total. The minimum absolute atomic E-state index is 0.583. The average Bonchev–Trinajstić information content (AvgIpc) is 2.83. The second-order valence-corrected chi connectivity index (χ2v) is 5.81. The van der Waals surface area contributed by atoms with Gasteiger partial charge < -0.3 is 9.30 Å². The van der Waals surface area contributed by atoms with Crippen LogP contribution in [0.25, 0.3) is 11.2 Å². The maximum absolute atomic E-state index is 5.92. The van der Waals surface area contributed by atoms with E-state index in [1.165, 1.54) is 0 Å². The third-order valence-electron chi connectivity index (χ3n) is 3.86. The number of imidazole rings is 1. The predicted molar refractivity (Wildman–Crippen MR) is 83.9 cm³/mol. The van der Waals surface area contributed by atoms with Gasteiger partial charge >= 0.3 is 0 Å². The van der Waals surface area contributed by atoms with Gasteiger partial charge in [-0.25, -0.2) is 9.97 Å². The lowest BCUT2D eigenvalue weighted by Crippen LogP contribution is -2.38. The van der Waals surface area contributed by atoms with Crippen molar-refractivity contribution >= 4 is 22.8 Å². The van der Waals surface area contributed by atoms with Crippen LogP contribution in [0.2, 0.25) is 0 Å². The first kappa shape index (κ1) is 14.8. The number of pyridine rings is 1. The summed E-state index contributed by atoms with van der Waals surface area (Å²) in [5.41, 5.74) is 3.07. The van der Waals surface area contributed by atoms with Crippen LogP contribution in [0.3, 0.4) is 0 Å². The van der Waals surface area contributed by atoms with Crippen molar-refractivity contribution in [3.63, 3.8) is 0 Å². The maximum atomic E-state index is 5.92. The summed E-state index contributed by atoms with van der Waals surface area (Å²) in [5.74, 6) is 1.62. The van der Waals surface area contributed by atoms with Gasteiger partial charge in [-0.2, -0.15) is 0 Å². The average molecular weight is 309 g/mol. The zero-order valence-electron chi connectivity index (χ0n) is 12.4. The van der Waals surface area contributed by atoms with Gasteiger partial charge in [0.15, 0.2) is 5.65 Å². The molecule has 0 aromatic carbocycles. The number of fused-ring (bicyclic) bond motifs is 1. The lowest BCUT2D eigenvalue weighted by atomic mass is 10.3. The molecule has 5 nitrogen and oxygen atoms in total. The number of nitrogens with zero attached hydrogens (tertiary/aromatic N) is 4. The lowest BCUT2D eigenvalue weighted by molar-refractivity contribution is 0.0364. The lowest BCUT2D eigenvalue weighted by Gasteiger charge is -2.26. The fourth-order valence-electron chi connectivity index (χ4n) is 2.73. The molecule has 0 unspecified atom stereocenters. The molecule has 1 aliphatic rings. The summed E-state index contributed by atoms with van der Waals surface area (Å²) < 4.78 is 7.61. The van der Waals surface area contributed by atoms with E-state index in [-0.39, 0.29) is 0 Å². The van der Waals surface area contributed by atoms with E-state index in [4.69, 9.17) is 21.3 Å². The zero-order valence-corrected chi connectivity index (χ0v) is 13.1. The number of morpholine rings is 1. The van der Waals surface area contributed by atoms with E-state index in [9.17, 15) is 0 Å². The summed E-state index contributed by atoms with van der Waals surface area (Å²) in [6.45, 7) is 7.61. The number of hydrogen-bond acceptors (Lipinski definition) is 4. The summed E-state index contributed by atoms with van der Waals surface area (Å²) in [4.78, 5) is 11.7. The monoisotopic (exact) mass is 308 g/mol. The molecule has 0 atom stereocenters. The van der Waals surface area contributed by atoms with Gasteiger partial charge in [-0.15, -0.1) is 11.6 Å². The standard InChI is InChI=1S/C15H21ClN4O/c1-12-10-13-15(17-11-12)20(14(18-13)2-3-16)5-4-19-6-8-21-9-7-19/h10-11H,2-9H2,1H3. The Bertz CT molecular complexity index is 607. The van der Waals surface area contributed by atoms with Crippen molar-refractivity contribution in [3.8, 4) is 0 Å². The molecule has 1 aliphatic heterocycles. The molecule has 1 saturated heterocycles. The molecule has 3 heterocycles. The number of aromatic nitrogens is 3. The smallest absolute Gasteiger partial charge is 0.160 e. The molecule has 0 amide bonds. The van der Waals surface area contributed by atoms with Crippen LogP contribution in [0, 0.1) is 6.92 Å². The van der Waals surface area contributed by atoms with Gasteiger partial charge in [0.2, 0.25) is 0 Å². The first-order chi connectivity index (χ1) is 10.3. The van der Waals surface area contributed by atoms with Crippen LogP contribution in [0.15, 0.2) is 12.3 Å². The predicted octanol–water partition coefficient (Wildman–Crippen LogP) is 1.85. The number of rotatable bonds is 5. The van der Waals surface area contributed by atoms with Gasteiger partial charge in [-0.3, -0.25) is 4.90 Å². The minimum Gasteiger partial charge on any atom is -0.379 e. The van der Waals surface area contributed by atoms with Crippen molar-refractivity contribution in [1.82, 2.24) is 19.4 Å². The van der Waals surface area contributed by atoms with Gasteiger partial charge in [0, 0.05) is 44.7 Å². The molecular weight excluding hydrogens is 288 g/mol. The first-order valence-electron chi connectivity index (χ1n) is 7.46. The van der Waals surface area contributed by atoms with Crippen molar-refractivity contribution in [3.05, 3.63) is 23.7 Å². The van der Waals surface area contributed by atoms with Crippen molar-refractivity contribution in [2.45, 2.75) is 19.9 Å². The Morgan fingerprint density at radius 3 is 2.86 bits per heavy atom. The minimum atomic E-state index is 0.583. The second kappa shape index (κ2) is 6.73. The molecule has 1 fully saturated rings. The molecule has 0 saturated carbocycles. The molecule has 21 heavy (non-hydrogen) atoms. The Balaban J connectivity index is 1.82. The highest BCUT2D eigenvalue weighted by Crippen LogP contribution is 2.16. The molecule has 114 valence electrons. The number of alkyl halides is 1. The highest BCUT2D eigenvalue weighted by molar-refractivity contribution is 6.17. The number of hydrogen-bond donors (Lipinski definition) is 0. The van der Waals surface area contributed by atoms with Crippen LogP contribution in [0.4, 0.5) is 0 Å². The number of aryl methyl sites for hydroxylation is 2. The summed E-state index contributed by atoms with van der Waals surface area (Å²) in [6, 6.07) is 2.09. The maximum Gasteiger partial charge on any atom is 0.160 e. The Hall–Kier alpha value is -1.17. The third kappa shape index (κ3) is 3.36. The van der Waals surface area contributed by atoms with Crippen molar-refractivity contribution < 1.29 is 4.74 Å². The molecule has 6 heteroatoms. The van der Waals surface area contributed by atoms with E-state index < -0.39 is 0 Å². The molecule has 3 rings (SSSR count). The van der Waals surface area contributed by atoms with Crippen molar-refractivity contribution in [1.29, 1.82) is 0 Å². The Morgan fingerprint density at radius 1 is 1.29 bits per heavy atom. The van der Waals surface area contributed by atoms with E-state index in [1.807, 2.05) is 13.1 Å². The summed E-state index contributed by atoms with van der Waals surface area (Å²) in [5, 5.41) is 0. The third-order valence-corrected chi connectivity index (χ3v) is 4.05. The quantitative estimate of drug-likeness (QED) is 0.791. The highest BCUT2D eigenvalue weighted by atomic mass is 35.5. The van der Waals surface area contributed by atoms with Crippen LogP contribution < -0.4 is 0 Å². The van der Waals surface area contributed by atoms with Crippen molar-refractivity contribution in [2.75, 3.05) is 38.7 Å². The molecule has 2 aromatic heterocycles. The Labute approximate surface area is 129 Å². The van der Waals surface area contributed by atoms with Crippen LogP contribution >= 0.6 is 11.6 Å². The van der Waals surface area contributed by atoms with Crippen LogP contribution in [0.1, 0.15) is 11.4 Å². The largest absolute Gasteiger partial charge is 0.379 e.